The number of aliphatic hydroxyl groups is 1. The molecule has 0 aromatic rings. The SMILES string of the molecule is CCCCCC/C=C\CCCCCCCCCC(=O)N[C@H]1[C@H](OC[C@H]2O[C@H](OCCCP(=O)(O)O)[C@H](OCCCCCCCCCCCC)[C@@H](OCCCCCCCCCCCC)[C@@H]2O)O[C@H](COC)[C@@H](OP(=O)(O)O)[C@@H]1OCC[C@@H](CCCCCCC)OC. The van der Waals surface area contributed by atoms with Crippen molar-refractivity contribution in [3.05, 3.63) is 12.2 Å². The second kappa shape index (κ2) is 56.1. The number of hydrogen-bond donors (Lipinski definition) is 6. The Morgan fingerprint density at radius 3 is 1.41 bits per heavy atom. The van der Waals surface area contributed by atoms with Crippen LogP contribution in [0.25, 0.3) is 0 Å². The lowest BCUT2D eigenvalue weighted by Crippen LogP contribution is -2.67. The molecular formula is C69H135NO18P2. The van der Waals surface area contributed by atoms with Gasteiger partial charge < -0.3 is 72.6 Å². The average molecular weight is 1330 g/mol. The second-order valence-corrected chi connectivity index (χ2v) is 28.7. The minimum atomic E-state index is -5.21. The zero-order valence-electron chi connectivity index (χ0n) is 57.6. The van der Waals surface area contributed by atoms with Crippen LogP contribution in [-0.4, -0.2) is 158 Å². The van der Waals surface area contributed by atoms with E-state index in [9.17, 15) is 38.6 Å². The first-order valence-electron chi connectivity index (χ1n) is 36.4. The van der Waals surface area contributed by atoms with E-state index in [2.05, 4.69) is 45.2 Å². The zero-order chi connectivity index (χ0) is 65.8. The van der Waals surface area contributed by atoms with Crippen LogP contribution in [0.4, 0.5) is 0 Å². The largest absolute Gasteiger partial charge is 0.470 e. The number of allylic oxidation sites excluding steroid dienone is 2. The van der Waals surface area contributed by atoms with Gasteiger partial charge in [-0.05, 0) is 64.2 Å². The molecule has 90 heavy (non-hydrogen) atoms. The first kappa shape index (κ1) is 85.2. The predicted molar refractivity (Wildman–Crippen MR) is 359 cm³/mol. The molecule has 11 atom stereocenters. The molecule has 0 unspecified atom stereocenters. The van der Waals surface area contributed by atoms with E-state index in [0.717, 1.165) is 141 Å². The number of hydrogen-bond acceptors (Lipinski definition) is 14. The molecule has 2 fully saturated rings. The van der Waals surface area contributed by atoms with Crippen molar-refractivity contribution < 1.29 is 85.8 Å². The minimum Gasteiger partial charge on any atom is -0.387 e. The number of rotatable bonds is 63. The van der Waals surface area contributed by atoms with Crippen molar-refractivity contribution >= 4 is 21.3 Å². The van der Waals surface area contributed by atoms with Crippen LogP contribution < -0.4 is 5.32 Å². The van der Waals surface area contributed by atoms with Crippen LogP contribution in [-0.2, 0) is 61.1 Å². The topological polar surface area (TPSA) is 257 Å². The number of unbranched alkanes of at least 4 members (excludes halogenated alkanes) is 33. The Morgan fingerprint density at radius 1 is 0.467 bits per heavy atom. The molecule has 2 rings (SSSR count). The van der Waals surface area contributed by atoms with Crippen molar-refractivity contribution in [2.75, 3.05) is 60.0 Å². The number of ether oxygens (including phenoxy) is 9. The maximum Gasteiger partial charge on any atom is 0.470 e. The molecule has 19 nitrogen and oxygen atoms in total. The van der Waals surface area contributed by atoms with E-state index in [0.29, 0.717) is 26.1 Å². The van der Waals surface area contributed by atoms with E-state index in [1.165, 1.54) is 110 Å². The minimum absolute atomic E-state index is 0.0298. The van der Waals surface area contributed by atoms with Crippen molar-refractivity contribution in [2.45, 2.75) is 365 Å². The van der Waals surface area contributed by atoms with Gasteiger partial charge in [0.05, 0.1) is 32.1 Å². The van der Waals surface area contributed by atoms with Gasteiger partial charge in [0.15, 0.2) is 12.6 Å². The molecule has 21 heteroatoms. The van der Waals surface area contributed by atoms with Gasteiger partial charge in [-0.1, -0.05) is 239 Å². The molecule has 2 saturated heterocycles. The van der Waals surface area contributed by atoms with E-state index in [-0.39, 0.29) is 51.3 Å². The summed E-state index contributed by atoms with van der Waals surface area (Å²) in [5.74, 6) is -0.338. The highest BCUT2D eigenvalue weighted by atomic mass is 31.2. The predicted octanol–water partition coefficient (Wildman–Crippen LogP) is 15.8. The Kier molecular flexibility index (Phi) is 53.1. The number of phosphoric acid groups is 1. The standard InChI is InChI=1S/C69H135NO18P2/c1-7-11-15-19-22-25-28-29-30-31-32-33-36-40-44-49-61(71)70-62-65(83-54-50-58(80-6)48-43-39-18-14-10-4)64(88-90(76,77)78)60(56-79-5)87-68(62)85-57-59-63(72)66(81-51-45-41-37-34-26-23-20-16-12-8-2)67(69(86-59)84-53-47-55-89(73,74)75)82-52-46-42-38-35-27-24-21-17-13-9-3/h25,28,58-60,62-69,72H,7-24,26-27,29-57H2,1-6H3,(H,70,71)(H2,73,74,75)(H2,76,77,78)/b28-25-/t58-,59-,60-,62-,63-,64-,65-,66+,67-,68-,69+/m1/s1. The number of methoxy groups -OCH3 is 2. The Morgan fingerprint density at radius 2 is 0.911 bits per heavy atom. The van der Waals surface area contributed by atoms with Gasteiger partial charge in [-0.2, -0.15) is 0 Å². The summed E-state index contributed by atoms with van der Waals surface area (Å²) in [4.78, 5) is 54.5. The Balaban J connectivity index is 2.45. The van der Waals surface area contributed by atoms with E-state index in [4.69, 9.17) is 47.2 Å². The zero-order valence-corrected chi connectivity index (χ0v) is 59.4. The van der Waals surface area contributed by atoms with Gasteiger partial charge in [0.1, 0.15) is 48.8 Å². The highest BCUT2D eigenvalue weighted by Gasteiger charge is 2.53. The molecule has 0 saturated carbocycles. The molecule has 6 N–H and O–H groups in total. The number of nitrogens with one attached hydrogen (secondary N) is 1. The van der Waals surface area contributed by atoms with Crippen LogP contribution in [0, 0.1) is 0 Å². The molecule has 2 aliphatic heterocycles. The fraction of sp³-hybridized carbons (Fsp3) is 0.957. The lowest BCUT2D eigenvalue weighted by Gasteiger charge is -2.47. The highest BCUT2D eigenvalue weighted by molar-refractivity contribution is 7.51. The van der Waals surface area contributed by atoms with Crippen LogP contribution in [0.5, 0.6) is 0 Å². The quantitative estimate of drug-likeness (QED) is 0.0188. The van der Waals surface area contributed by atoms with Crippen LogP contribution in [0.3, 0.4) is 0 Å². The summed E-state index contributed by atoms with van der Waals surface area (Å²) in [6.07, 6.45) is 37.3. The maximum atomic E-state index is 14.2. The molecule has 2 heterocycles. The Labute approximate surface area is 547 Å². The van der Waals surface area contributed by atoms with Gasteiger partial charge in [0, 0.05) is 40.5 Å². The van der Waals surface area contributed by atoms with E-state index >= 15 is 0 Å². The molecule has 1 amide bonds. The van der Waals surface area contributed by atoms with E-state index in [1.54, 1.807) is 7.11 Å². The molecule has 0 spiro atoms. The molecule has 0 aromatic carbocycles. The van der Waals surface area contributed by atoms with Gasteiger partial charge in [-0.25, -0.2) is 4.57 Å². The van der Waals surface area contributed by atoms with Crippen molar-refractivity contribution in [3.63, 3.8) is 0 Å². The number of carbonyl (C=O) groups is 1. The summed E-state index contributed by atoms with van der Waals surface area (Å²) in [6.45, 7) is 8.99. The average Bonchev–Trinajstić information content (AvgIpc) is 0.859. The summed E-state index contributed by atoms with van der Waals surface area (Å²) >= 11 is 0. The lowest BCUT2D eigenvalue weighted by molar-refractivity contribution is -0.331. The summed E-state index contributed by atoms with van der Waals surface area (Å²) in [6, 6.07) is -1.19. The molecule has 0 aliphatic carbocycles. The van der Waals surface area contributed by atoms with E-state index in [1.807, 2.05) is 0 Å². The summed E-state index contributed by atoms with van der Waals surface area (Å²) in [5.41, 5.74) is 0. The van der Waals surface area contributed by atoms with Crippen molar-refractivity contribution in [1.29, 1.82) is 0 Å². The maximum absolute atomic E-state index is 14.2. The van der Waals surface area contributed by atoms with Gasteiger partial charge in [-0.3, -0.25) is 13.9 Å². The van der Waals surface area contributed by atoms with Crippen LogP contribution in [0.1, 0.15) is 297 Å². The summed E-state index contributed by atoms with van der Waals surface area (Å²) < 4.78 is 87.6. The third-order valence-corrected chi connectivity index (χ3v) is 18.9. The van der Waals surface area contributed by atoms with Gasteiger partial charge in [-0.15, -0.1) is 0 Å². The third kappa shape index (κ3) is 43.3. The first-order chi connectivity index (χ1) is 43.6. The molecular weight excluding hydrogens is 1190 g/mol. The summed E-state index contributed by atoms with van der Waals surface area (Å²) in [7, 11) is -6.47. The lowest BCUT2D eigenvalue weighted by atomic mass is 9.95. The third-order valence-electron chi connectivity index (χ3n) is 17.5. The normalized spacial score (nSPS) is 22.9. The van der Waals surface area contributed by atoms with Crippen molar-refractivity contribution in [2.24, 2.45) is 0 Å². The fourth-order valence-electron chi connectivity index (χ4n) is 12.1. The van der Waals surface area contributed by atoms with Crippen LogP contribution in [0.15, 0.2) is 12.2 Å². The second-order valence-electron chi connectivity index (χ2n) is 25.7. The van der Waals surface area contributed by atoms with Gasteiger partial charge >= 0.3 is 15.4 Å². The van der Waals surface area contributed by atoms with Crippen LogP contribution in [0.2, 0.25) is 0 Å². The highest BCUT2D eigenvalue weighted by Crippen LogP contribution is 2.43. The molecule has 0 aromatic heterocycles. The number of carbonyl (C=O) groups excluding carboxylic acids is 1. The number of aliphatic hydroxyl groups excluding tert-OH is 1. The summed E-state index contributed by atoms with van der Waals surface area (Å²) in [5, 5.41) is 15.5. The Hall–Kier alpha value is -0.930. The Bertz CT molecular complexity index is 1780. The monoisotopic (exact) mass is 1330 g/mol. The van der Waals surface area contributed by atoms with Crippen LogP contribution >= 0.6 is 15.4 Å². The fourth-order valence-corrected chi connectivity index (χ4v) is 13.2. The smallest absolute Gasteiger partial charge is 0.387 e. The molecule has 2 aliphatic rings. The molecule has 0 radical (unpaired) electrons. The molecule has 0 bridgehead atoms. The van der Waals surface area contributed by atoms with Gasteiger partial charge in [0.2, 0.25) is 5.91 Å². The van der Waals surface area contributed by atoms with Crippen molar-refractivity contribution in [3.8, 4) is 0 Å². The number of amides is 1. The van der Waals surface area contributed by atoms with Crippen molar-refractivity contribution in [1.82, 2.24) is 5.32 Å². The van der Waals surface area contributed by atoms with E-state index < -0.39 is 82.9 Å². The van der Waals surface area contributed by atoms with Gasteiger partial charge in [0.25, 0.3) is 0 Å². The number of phosphoric ester groups is 1. The molecule has 534 valence electrons. The first-order valence-corrected chi connectivity index (χ1v) is 39.8.